The zero-order valence-electron chi connectivity index (χ0n) is 17.3. The van der Waals surface area contributed by atoms with E-state index in [2.05, 4.69) is 0 Å². The molecule has 1 aliphatic rings. The molecule has 0 N–H and O–H groups in total. The summed E-state index contributed by atoms with van der Waals surface area (Å²) in [6, 6.07) is 16.9. The fraction of sp³-hybridized carbons (Fsp3) is 0.333. The van der Waals surface area contributed by atoms with Crippen LogP contribution in [0.2, 0.25) is 0 Å². The van der Waals surface area contributed by atoms with Gasteiger partial charge in [0.25, 0.3) is 5.91 Å². The Bertz CT molecular complexity index is 1080. The molecule has 0 saturated carbocycles. The van der Waals surface area contributed by atoms with Gasteiger partial charge in [-0.15, -0.1) is 0 Å². The third-order valence-electron chi connectivity index (χ3n) is 5.43. The average Bonchev–Trinajstić information content (AvgIpc) is 3.26. The number of fused-ring (bicyclic) bond motifs is 1. The van der Waals surface area contributed by atoms with E-state index in [1.54, 1.807) is 23.1 Å². The van der Waals surface area contributed by atoms with Gasteiger partial charge >= 0.3 is 5.63 Å². The Kier molecular flexibility index (Phi) is 5.86. The van der Waals surface area contributed by atoms with Crippen LogP contribution in [0.15, 0.2) is 63.8 Å². The van der Waals surface area contributed by atoms with Gasteiger partial charge in [0, 0.05) is 44.9 Å². The fourth-order valence-corrected chi connectivity index (χ4v) is 3.75. The summed E-state index contributed by atoms with van der Waals surface area (Å²) in [6.07, 6.45) is 1.89. The monoisotopic (exact) mass is 406 g/mol. The van der Waals surface area contributed by atoms with Gasteiger partial charge in [0.15, 0.2) is 0 Å². The van der Waals surface area contributed by atoms with Crippen molar-refractivity contribution >= 4 is 22.6 Å². The van der Waals surface area contributed by atoms with Gasteiger partial charge in [0.2, 0.25) is 0 Å². The lowest BCUT2D eigenvalue weighted by molar-refractivity contribution is 0.0504. The Hall–Kier alpha value is -3.12. The molecule has 156 valence electrons. The van der Waals surface area contributed by atoms with Crippen molar-refractivity contribution in [3.63, 3.8) is 0 Å². The Labute approximate surface area is 175 Å². The van der Waals surface area contributed by atoms with Crippen LogP contribution in [0.5, 0.6) is 0 Å². The van der Waals surface area contributed by atoms with Gasteiger partial charge in [-0.25, -0.2) is 4.79 Å². The van der Waals surface area contributed by atoms with E-state index in [-0.39, 0.29) is 17.6 Å². The summed E-state index contributed by atoms with van der Waals surface area (Å²) in [6.45, 7) is 1.56. The highest BCUT2D eigenvalue weighted by atomic mass is 16.5. The minimum absolute atomic E-state index is 0.0116. The lowest BCUT2D eigenvalue weighted by atomic mass is 10.1. The molecule has 0 unspecified atom stereocenters. The number of anilines is 1. The molecule has 4 rings (SSSR count). The molecular weight excluding hydrogens is 380 g/mol. The normalized spacial score (nSPS) is 16.0. The third-order valence-corrected chi connectivity index (χ3v) is 5.43. The van der Waals surface area contributed by atoms with E-state index >= 15 is 0 Å². The molecule has 1 aromatic heterocycles. The van der Waals surface area contributed by atoms with Crippen LogP contribution in [0.25, 0.3) is 11.0 Å². The third kappa shape index (κ3) is 4.39. The van der Waals surface area contributed by atoms with E-state index in [0.717, 1.165) is 29.5 Å². The molecule has 0 bridgehead atoms. The molecule has 3 aromatic rings. The van der Waals surface area contributed by atoms with Crippen molar-refractivity contribution in [1.29, 1.82) is 0 Å². The molecule has 6 nitrogen and oxygen atoms in total. The lowest BCUT2D eigenvalue weighted by Crippen LogP contribution is -2.38. The lowest BCUT2D eigenvalue weighted by Gasteiger charge is -2.25. The van der Waals surface area contributed by atoms with Gasteiger partial charge in [-0.3, -0.25) is 4.79 Å². The Morgan fingerprint density at radius 1 is 1.10 bits per heavy atom. The van der Waals surface area contributed by atoms with Gasteiger partial charge in [-0.2, -0.15) is 0 Å². The van der Waals surface area contributed by atoms with Crippen LogP contribution in [0.3, 0.4) is 0 Å². The molecule has 2 heterocycles. The topological polar surface area (TPSA) is 63.0 Å². The highest BCUT2D eigenvalue weighted by molar-refractivity contribution is 5.96. The van der Waals surface area contributed by atoms with Crippen molar-refractivity contribution in [3.8, 4) is 0 Å². The van der Waals surface area contributed by atoms with Crippen LogP contribution in [0.4, 0.5) is 5.69 Å². The maximum absolute atomic E-state index is 13.4. The molecule has 1 fully saturated rings. The second kappa shape index (κ2) is 8.71. The molecule has 6 heteroatoms. The highest BCUT2D eigenvalue weighted by Gasteiger charge is 2.26. The number of nitrogens with zero attached hydrogens (tertiary/aromatic N) is 2. The summed E-state index contributed by atoms with van der Waals surface area (Å²) >= 11 is 0. The van der Waals surface area contributed by atoms with Crippen molar-refractivity contribution < 1.29 is 13.9 Å². The van der Waals surface area contributed by atoms with Crippen LogP contribution in [0.1, 0.15) is 28.8 Å². The first-order chi connectivity index (χ1) is 14.5. The first-order valence-corrected chi connectivity index (χ1v) is 10.2. The van der Waals surface area contributed by atoms with Crippen LogP contribution < -0.4 is 10.5 Å². The Morgan fingerprint density at radius 3 is 2.57 bits per heavy atom. The fourth-order valence-electron chi connectivity index (χ4n) is 3.75. The number of rotatable bonds is 6. The molecule has 1 amide bonds. The summed E-state index contributed by atoms with van der Waals surface area (Å²) in [5, 5.41) is 0.729. The Morgan fingerprint density at radius 2 is 1.87 bits per heavy atom. The first kappa shape index (κ1) is 20.2. The van der Waals surface area contributed by atoms with Crippen molar-refractivity contribution in [3.05, 3.63) is 76.1 Å². The zero-order chi connectivity index (χ0) is 21.1. The van der Waals surface area contributed by atoms with Crippen molar-refractivity contribution in [2.45, 2.75) is 25.5 Å². The standard InChI is InChI=1S/C24H26N2O4/c1-25(2)19-11-9-17(10-12-19)15-26(16-20-7-5-13-29-20)23(27)21-14-18-6-3-4-8-22(18)30-24(21)28/h3-4,6,8-12,14,20H,5,7,13,15-16H2,1-2H3/t20-/m1/s1. The van der Waals surface area contributed by atoms with Crippen LogP contribution in [-0.4, -0.2) is 44.2 Å². The number of amides is 1. The van der Waals surface area contributed by atoms with Gasteiger partial charge in [-0.1, -0.05) is 30.3 Å². The van der Waals surface area contributed by atoms with Gasteiger partial charge < -0.3 is 19.0 Å². The van der Waals surface area contributed by atoms with Crippen molar-refractivity contribution in [2.75, 3.05) is 32.1 Å². The number of benzene rings is 2. The van der Waals surface area contributed by atoms with E-state index in [9.17, 15) is 9.59 Å². The van der Waals surface area contributed by atoms with Gasteiger partial charge in [-0.05, 0) is 42.7 Å². The summed E-state index contributed by atoms with van der Waals surface area (Å²) in [7, 11) is 3.97. The van der Waals surface area contributed by atoms with E-state index in [0.29, 0.717) is 25.3 Å². The molecule has 30 heavy (non-hydrogen) atoms. The average molecular weight is 406 g/mol. The van der Waals surface area contributed by atoms with Gasteiger partial charge in [0.1, 0.15) is 11.1 Å². The SMILES string of the molecule is CN(C)c1ccc(CN(C[C@H]2CCCO2)C(=O)c2cc3ccccc3oc2=O)cc1. The number of ether oxygens (including phenoxy) is 1. The summed E-state index contributed by atoms with van der Waals surface area (Å²) in [5.41, 5.74) is 2.00. The largest absolute Gasteiger partial charge is 0.422 e. The number of carbonyl (C=O) groups is 1. The summed E-state index contributed by atoms with van der Waals surface area (Å²) < 4.78 is 11.1. The predicted octanol–water partition coefficient (Wildman–Crippen LogP) is 3.68. The second-order valence-electron chi connectivity index (χ2n) is 7.87. The number of hydrogen-bond acceptors (Lipinski definition) is 5. The highest BCUT2D eigenvalue weighted by Crippen LogP contribution is 2.20. The molecular formula is C24H26N2O4. The second-order valence-corrected chi connectivity index (χ2v) is 7.87. The molecule has 0 aliphatic carbocycles. The van der Waals surface area contributed by atoms with Crippen LogP contribution in [-0.2, 0) is 11.3 Å². The molecule has 1 aliphatic heterocycles. The molecule has 0 spiro atoms. The van der Waals surface area contributed by atoms with Gasteiger partial charge in [0.05, 0.1) is 6.10 Å². The van der Waals surface area contributed by atoms with Crippen molar-refractivity contribution in [2.24, 2.45) is 0 Å². The molecule has 1 saturated heterocycles. The minimum Gasteiger partial charge on any atom is -0.422 e. The smallest absolute Gasteiger partial charge is 0.349 e. The van der Waals surface area contributed by atoms with E-state index in [1.165, 1.54) is 0 Å². The molecule has 0 radical (unpaired) electrons. The van der Waals surface area contributed by atoms with Crippen LogP contribution >= 0.6 is 0 Å². The number of hydrogen-bond donors (Lipinski definition) is 0. The summed E-state index contributed by atoms with van der Waals surface area (Å²) in [4.78, 5) is 29.6. The number of carbonyl (C=O) groups excluding carboxylic acids is 1. The number of para-hydroxylation sites is 1. The zero-order valence-corrected chi connectivity index (χ0v) is 17.3. The van der Waals surface area contributed by atoms with E-state index < -0.39 is 5.63 Å². The summed E-state index contributed by atoms with van der Waals surface area (Å²) in [5.74, 6) is -0.332. The Balaban J connectivity index is 1.63. The van der Waals surface area contributed by atoms with E-state index in [4.69, 9.17) is 9.15 Å². The molecule has 1 atom stereocenters. The maximum atomic E-state index is 13.4. The first-order valence-electron chi connectivity index (χ1n) is 10.2. The predicted molar refractivity (Wildman–Crippen MR) is 117 cm³/mol. The minimum atomic E-state index is -0.612. The quantitative estimate of drug-likeness (QED) is 0.585. The van der Waals surface area contributed by atoms with E-state index in [1.807, 2.05) is 55.4 Å². The maximum Gasteiger partial charge on any atom is 0.349 e. The van der Waals surface area contributed by atoms with Crippen LogP contribution in [0, 0.1) is 0 Å². The molecule has 2 aromatic carbocycles. The van der Waals surface area contributed by atoms with Crippen molar-refractivity contribution in [1.82, 2.24) is 4.90 Å².